The molecule has 0 aliphatic heterocycles. The highest BCUT2D eigenvalue weighted by molar-refractivity contribution is 5.42. The van der Waals surface area contributed by atoms with Crippen molar-refractivity contribution >= 4 is 0 Å². The first-order chi connectivity index (χ1) is 9.67. The van der Waals surface area contributed by atoms with Gasteiger partial charge < -0.3 is 9.47 Å². The normalized spacial score (nSPS) is 12.2. The molecule has 0 radical (unpaired) electrons. The van der Waals surface area contributed by atoms with E-state index in [1.54, 1.807) is 14.2 Å². The second-order valence-electron chi connectivity index (χ2n) is 4.78. The van der Waals surface area contributed by atoms with Gasteiger partial charge in [0.15, 0.2) is 0 Å². The van der Waals surface area contributed by atoms with Crippen LogP contribution in [-0.4, -0.2) is 29.2 Å². The predicted molar refractivity (Wildman–Crippen MR) is 77.4 cm³/mol. The van der Waals surface area contributed by atoms with Crippen LogP contribution < -0.4 is 9.47 Å². The van der Waals surface area contributed by atoms with Gasteiger partial charge in [0.25, 0.3) is 0 Å². The Bertz CT molecular complexity index is 566. The van der Waals surface area contributed by atoms with Gasteiger partial charge in [-0.05, 0) is 37.5 Å². The third-order valence-corrected chi connectivity index (χ3v) is 3.39. The molecule has 1 heterocycles. The fraction of sp³-hybridized carbons (Fsp3) is 0.467. The minimum atomic E-state index is 0.280. The second-order valence-corrected chi connectivity index (χ2v) is 4.78. The number of rotatable bonds is 6. The van der Waals surface area contributed by atoms with Crippen molar-refractivity contribution < 1.29 is 9.47 Å². The zero-order valence-corrected chi connectivity index (χ0v) is 12.5. The molecule has 20 heavy (non-hydrogen) atoms. The number of nitrogens with zero attached hydrogens (tertiary/aromatic N) is 3. The summed E-state index contributed by atoms with van der Waals surface area (Å²) in [7, 11) is 3.36. The number of hydrogen-bond acceptors (Lipinski definition) is 4. The Labute approximate surface area is 119 Å². The molecule has 0 aliphatic carbocycles. The minimum Gasteiger partial charge on any atom is -0.497 e. The van der Waals surface area contributed by atoms with E-state index in [4.69, 9.17) is 9.47 Å². The summed E-state index contributed by atoms with van der Waals surface area (Å²) in [5, 5.41) is 8.26. The number of aryl methyl sites for hydroxylation is 1. The van der Waals surface area contributed by atoms with E-state index in [-0.39, 0.29) is 5.92 Å². The van der Waals surface area contributed by atoms with Crippen LogP contribution >= 0.6 is 0 Å². The van der Waals surface area contributed by atoms with E-state index in [0.29, 0.717) is 0 Å². The maximum absolute atomic E-state index is 5.43. The monoisotopic (exact) mass is 275 g/mol. The number of hydrogen-bond donors (Lipinski definition) is 0. The van der Waals surface area contributed by atoms with Gasteiger partial charge in [-0.25, -0.2) is 0 Å². The molecular weight excluding hydrogens is 254 g/mol. The molecule has 0 N–H and O–H groups in total. The van der Waals surface area contributed by atoms with Crippen LogP contribution in [0.3, 0.4) is 0 Å². The number of ether oxygens (including phenoxy) is 2. The van der Waals surface area contributed by atoms with Crippen LogP contribution in [0, 0.1) is 0 Å². The Kier molecular flexibility index (Phi) is 4.61. The van der Waals surface area contributed by atoms with Crippen LogP contribution in [-0.2, 0) is 13.0 Å². The van der Waals surface area contributed by atoms with Crippen molar-refractivity contribution in [2.45, 2.75) is 32.7 Å². The van der Waals surface area contributed by atoms with Crippen molar-refractivity contribution in [2.75, 3.05) is 14.2 Å². The Morgan fingerprint density at radius 1 is 1.25 bits per heavy atom. The average molecular weight is 275 g/mol. The Balaban J connectivity index is 2.20. The summed E-state index contributed by atoms with van der Waals surface area (Å²) < 4.78 is 12.6. The van der Waals surface area contributed by atoms with Gasteiger partial charge in [-0.2, -0.15) is 0 Å². The van der Waals surface area contributed by atoms with Crippen LogP contribution in [0.15, 0.2) is 24.4 Å². The van der Waals surface area contributed by atoms with Crippen molar-refractivity contribution in [3.63, 3.8) is 0 Å². The summed E-state index contributed by atoms with van der Waals surface area (Å²) in [5.74, 6) is 1.99. The molecule has 0 saturated carbocycles. The van der Waals surface area contributed by atoms with Crippen molar-refractivity contribution in [3.05, 3.63) is 35.7 Å². The standard InChI is InChI=1S/C15H21N3O2/c1-5-18-10-12(16-17-18)8-11(2)14-9-13(19-3)6-7-15(14)20-4/h6-7,9-11H,5,8H2,1-4H3. The molecule has 5 nitrogen and oxygen atoms in total. The maximum Gasteiger partial charge on any atom is 0.122 e. The summed E-state index contributed by atoms with van der Waals surface area (Å²) in [6, 6.07) is 5.86. The Morgan fingerprint density at radius 2 is 2.05 bits per heavy atom. The van der Waals surface area contributed by atoms with Gasteiger partial charge in [0.05, 0.1) is 19.9 Å². The molecule has 0 amide bonds. The van der Waals surface area contributed by atoms with Crippen molar-refractivity contribution in [2.24, 2.45) is 0 Å². The molecule has 0 fully saturated rings. The van der Waals surface area contributed by atoms with Crippen LogP contribution in [0.2, 0.25) is 0 Å². The Morgan fingerprint density at radius 3 is 2.65 bits per heavy atom. The first-order valence-electron chi connectivity index (χ1n) is 6.78. The van der Waals surface area contributed by atoms with Gasteiger partial charge in [-0.1, -0.05) is 12.1 Å². The van der Waals surface area contributed by atoms with Crippen LogP contribution in [0.25, 0.3) is 0 Å². The number of benzene rings is 1. The molecule has 0 spiro atoms. The van der Waals surface area contributed by atoms with Gasteiger partial charge in [-0.3, -0.25) is 4.68 Å². The molecule has 1 aromatic heterocycles. The molecule has 1 atom stereocenters. The Hall–Kier alpha value is -2.04. The number of methoxy groups -OCH3 is 2. The van der Waals surface area contributed by atoms with E-state index in [9.17, 15) is 0 Å². The van der Waals surface area contributed by atoms with Gasteiger partial charge in [0, 0.05) is 18.3 Å². The van der Waals surface area contributed by atoms with Gasteiger partial charge in [0.2, 0.25) is 0 Å². The van der Waals surface area contributed by atoms with Gasteiger partial charge in [0.1, 0.15) is 11.5 Å². The first kappa shape index (κ1) is 14.4. The highest BCUT2D eigenvalue weighted by atomic mass is 16.5. The summed E-state index contributed by atoms with van der Waals surface area (Å²) in [6.45, 7) is 5.04. The molecule has 0 saturated heterocycles. The highest BCUT2D eigenvalue weighted by Crippen LogP contribution is 2.32. The van der Waals surface area contributed by atoms with Gasteiger partial charge >= 0.3 is 0 Å². The van der Waals surface area contributed by atoms with Crippen molar-refractivity contribution in [3.8, 4) is 11.5 Å². The molecule has 0 aliphatic rings. The second kappa shape index (κ2) is 6.41. The highest BCUT2D eigenvalue weighted by Gasteiger charge is 2.15. The fourth-order valence-corrected chi connectivity index (χ4v) is 2.23. The zero-order valence-electron chi connectivity index (χ0n) is 12.5. The van der Waals surface area contributed by atoms with Crippen molar-refractivity contribution in [1.29, 1.82) is 0 Å². The van der Waals surface area contributed by atoms with E-state index in [1.807, 2.05) is 36.0 Å². The zero-order chi connectivity index (χ0) is 14.5. The summed E-state index contributed by atoms with van der Waals surface area (Å²) in [5.41, 5.74) is 2.11. The molecule has 1 unspecified atom stereocenters. The minimum absolute atomic E-state index is 0.280. The lowest BCUT2D eigenvalue weighted by atomic mass is 9.95. The molecule has 1 aromatic carbocycles. The van der Waals surface area contributed by atoms with E-state index in [1.165, 1.54) is 0 Å². The lowest BCUT2D eigenvalue weighted by Gasteiger charge is -2.15. The fourth-order valence-electron chi connectivity index (χ4n) is 2.23. The lowest BCUT2D eigenvalue weighted by molar-refractivity contribution is 0.395. The summed E-state index contributed by atoms with van der Waals surface area (Å²) in [4.78, 5) is 0. The van der Waals surface area contributed by atoms with Crippen LogP contribution in [0.5, 0.6) is 11.5 Å². The predicted octanol–water partition coefficient (Wildman–Crippen LogP) is 2.66. The molecule has 108 valence electrons. The van der Waals surface area contributed by atoms with Gasteiger partial charge in [-0.15, -0.1) is 5.10 Å². The number of aromatic nitrogens is 3. The smallest absolute Gasteiger partial charge is 0.122 e. The maximum atomic E-state index is 5.43. The van der Waals surface area contributed by atoms with E-state index in [0.717, 1.165) is 35.7 Å². The van der Waals surface area contributed by atoms with Crippen LogP contribution in [0.4, 0.5) is 0 Å². The average Bonchev–Trinajstić information content (AvgIpc) is 2.94. The summed E-state index contributed by atoms with van der Waals surface area (Å²) in [6.07, 6.45) is 2.81. The SMILES string of the molecule is CCn1cc(CC(C)c2cc(OC)ccc2OC)nn1. The van der Waals surface area contributed by atoms with Crippen molar-refractivity contribution in [1.82, 2.24) is 15.0 Å². The third-order valence-electron chi connectivity index (χ3n) is 3.39. The van der Waals surface area contributed by atoms with E-state index >= 15 is 0 Å². The lowest BCUT2D eigenvalue weighted by Crippen LogP contribution is -2.02. The molecule has 0 bridgehead atoms. The molecular formula is C15H21N3O2. The molecule has 2 rings (SSSR count). The summed E-state index contributed by atoms with van der Waals surface area (Å²) >= 11 is 0. The third kappa shape index (κ3) is 3.10. The first-order valence-corrected chi connectivity index (χ1v) is 6.78. The van der Waals surface area contributed by atoms with E-state index < -0.39 is 0 Å². The van der Waals surface area contributed by atoms with E-state index in [2.05, 4.69) is 17.2 Å². The largest absolute Gasteiger partial charge is 0.497 e. The molecule has 5 heteroatoms. The van der Waals surface area contributed by atoms with Crippen LogP contribution in [0.1, 0.15) is 31.0 Å². The quantitative estimate of drug-likeness (QED) is 0.813. The topological polar surface area (TPSA) is 49.2 Å². The molecule has 2 aromatic rings.